The summed E-state index contributed by atoms with van der Waals surface area (Å²) in [5.74, 6) is -1.98. The summed E-state index contributed by atoms with van der Waals surface area (Å²) in [5.41, 5.74) is 3.29. The predicted molar refractivity (Wildman–Crippen MR) is 141 cm³/mol. The molecule has 9 nitrogen and oxygen atoms in total. The number of piperazine rings is 1. The van der Waals surface area contributed by atoms with E-state index in [1.54, 1.807) is 18.2 Å². The summed E-state index contributed by atoms with van der Waals surface area (Å²) in [6.07, 6.45) is -3.27. The molecular formula is C27H28F3N5O4. The smallest absolute Gasteiger partial charge is 0.478 e. The van der Waals surface area contributed by atoms with Crippen LogP contribution in [0, 0.1) is 6.92 Å². The summed E-state index contributed by atoms with van der Waals surface area (Å²) in [7, 11) is 0. The second-order valence-corrected chi connectivity index (χ2v) is 8.60. The van der Waals surface area contributed by atoms with Gasteiger partial charge in [-0.05, 0) is 42.8 Å². The Bertz CT molecular complexity index is 1280. The molecule has 0 unspecified atom stereocenters. The number of rotatable bonds is 5. The third-order valence-electron chi connectivity index (χ3n) is 5.69. The molecule has 1 aromatic heterocycles. The zero-order valence-electron chi connectivity index (χ0n) is 21.1. The van der Waals surface area contributed by atoms with E-state index in [-0.39, 0.29) is 5.56 Å². The number of hydrogen-bond acceptors (Lipinski definition) is 5. The molecule has 2 heterocycles. The van der Waals surface area contributed by atoms with E-state index in [0.717, 1.165) is 43.5 Å². The molecule has 0 spiro atoms. The number of nitrogens with zero attached hydrogens (tertiary/aromatic N) is 4. The van der Waals surface area contributed by atoms with Gasteiger partial charge in [-0.2, -0.15) is 13.2 Å². The van der Waals surface area contributed by atoms with Crippen LogP contribution in [0.25, 0.3) is 0 Å². The number of carbonyl (C=O) groups is 2. The molecule has 0 saturated carbocycles. The highest BCUT2D eigenvalue weighted by Gasteiger charge is 2.38. The number of pyridine rings is 1. The van der Waals surface area contributed by atoms with Crippen LogP contribution in [-0.2, 0) is 11.3 Å². The standard InChI is InChI=1S/C25H27N5O2.C2HF3O2/c1-19-8-10-20(11-9-19)18-27-25(28-22-6-4-5-21(17-22)24(31)32)30-15-13-29(14-16-30)23-7-2-3-12-26-23;3-2(4,5)1(6)7/h2-12,17H,13-16,18H2,1H3,(H,27,28)(H,31,32);(H,6,7). The molecule has 1 fully saturated rings. The minimum absolute atomic E-state index is 0.243. The Kier molecular flexibility index (Phi) is 9.85. The number of aromatic nitrogens is 1. The number of halogens is 3. The number of benzene rings is 2. The van der Waals surface area contributed by atoms with Crippen molar-refractivity contribution in [1.82, 2.24) is 9.88 Å². The highest BCUT2D eigenvalue weighted by atomic mass is 19.4. The summed E-state index contributed by atoms with van der Waals surface area (Å²) in [5, 5.41) is 19.8. The Morgan fingerprint density at radius 2 is 1.64 bits per heavy atom. The quantitative estimate of drug-likeness (QED) is 0.318. The van der Waals surface area contributed by atoms with E-state index in [2.05, 4.69) is 51.3 Å². The van der Waals surface area contributed by atoms with Crippen LogP contribution in [0.15, 0.2) is 77.9 Å². The molecule has 39 heavy (non-hydrogen) atoms. The minimum Gasteiger partial charge on any atom is -0.478 e. The first-order chi connectivity index (χ1) is 18.5. The van der Waals surface area contributed by atoms with E-state index >= 15 is 0 Å². The van der Waals surface area contributed by atoms with Gasteiger partial charge in [-0.15, -0.1) is 0 Å². The van der Waals surface area contributed by atoms with Gasteiger partial charge in [-0.25, -0.2) is 19.6 Å². The summed E-state index contributed by atoms with van der Waals surface area (Å²) in [4.78, 5) is 34.1. The molecule has 1 aliphatic heterocycles. The lowest BCUT2D eigenvalue weighted by atomic mass is 10.1. The fraction of sp³-hybridized carbons (Fsp3) is 0.259. The van der Waals surface area contributed by atoms with Gasteiger partial charge in [0.05, 0.1) is 12.1 Å². The normalized spacial score (nSPS) is 13.8. The van der Waals surface area contributed by atoms with Crippen molar-refractivity contribution in [2.75, 3.05) is 36.4 Å². The number of nitrogens with one attached hydrogen (secondary N) is 1. The molecule has 0 amide bonds. The Hall–Kier alpha value is -4.61. The van der Waals surface area contributed by atoms with Gasteiger partial charge in [0.2, 0.25) is 0 Å². The van der Waals surface area contributed by atoms with Gasteiger partial charge in [-0.3, -0.25) is 0 Å². The van der Waals surface area contributed by atoms with Gasteiger partial charge in [0, 0.05) is 38.1 Å². The number of alkyl halides is 3. The highest BCUT2D eigenvalue weighted by molar-refractivity contribution is 5.96. The molecule has 0 radical (unpaired) electrons. The molecular weight excluding hydrogens is 515 g/mol. The fourth-order valence-corrected chi connectivity index (χ4v) is 3.63. The summed E-state index contributed by atoms with van der Waals surface area (Å²) in [6.45, 7) is 5.84. The third-order valence-corrected chi connectivity index (χ3v) is 5.69. The van der Waals surface area contributed by atoms with E-state index in [1.165, 1.54) is 5.56 Å². The first-order valence-electron chi connectivity index (χ1n) is 11.9. The molecule has 1 aliphatic rings. The SMILES string of the molecule is Cc1ccc(CN=C(Nc2cccc(C(=O)O)c2)N2CCN(c3ccccn3)CC2)cc1.O=C(O)C(F)(F)F. The Labute approximate surface area is 223 Å². The number of anilines is 2. The molecule has 4 rings (SSSR count). The average Bonchev–Trinajstić information content (AvgIpc) is 2.92. The summed E-state index contributed by atoms with van der Waals surface area (Å²) in [6, 6.07) is 21.1. The average molecular weight is 544 g/mol. The third kappa shape index (κ3) is 9.02. The number of hydrogen-bond donors (Lipinski definition) is 3. The van der Waals surface area contributed by atoms with Crippen LogP contribution in [0.3, 0.4) is 0 Å². The number of carboxylic acid groups (broad SMARTS) is 2. The van der Waals surface area contributed by atoms with Crippen LogP contribution in [0.4, 0.5) is 24.7 Å². The van der Waals surface area contributed by atoms with E-state index in [1.807, 2.05) is 30.5 Å². The summed E-state index contributed by atoms with van der Waals surface area (Å²) < 4.78 is 31.7. The number of carboxylic acids is 2. The number of aromatic carboxylic acids is 1. The van der Waals surface area contributed by atoms with Crippen molar-refractivity contribution < 1.29 is 33.0 Å². The lowest BCUT2D eigenvalue weighted by molar-refractivity contribution is -0.192. The molecule has 0 aliphatic carbocycles. The first kappa shape index (κ1) is 29.0. The monoisotopic (exact) mass is 543 g/mol. The molecule has 12 heteroatoms. The lowest BCUT2D eigenvalue weighted by Gasteiger charge is -2.37. The molecule has 2 aromatic carbocycles. The molecule has 3 aromatic rings. The molecule has 3 N–H and O–H groups in total. The predicted octanol–water partition coefficient (Wildman–Crippen LogP) is 4.51. The molecule has 206 valence electrons. The summed E-state index contributed by atoms with van der Waals surface area (Å²) >= 11 is 0. The van der Waals surface area contributed by atoms with Crippen molar-refractivity contribution in [3.05, 3.63) is 89.6 Å². The van der Waals surface area contributed by atoms with E-state index in [9.17, 15) is 23.1 Å². The van der Waals surface area contributed by atoms with Crippen molar-refractivity contribution in [2.45, 2.75) is 19.6 Å². The zero-order valence-corrected chi connectivity index (χ0v) is 21.1. The maximum absolute atomic E-state index is 11.4. The van der Waals surface area contributed by atoms with Crippen LogP contribution in [-0.4, -0.2) is 70.4 Å². The van der Waals surface area contributed by atoms with Gasteiger partial charge >= 0.3 is 18.1 Å². The number of aliphatic imine (C=N–C) groups is 1. The van der Waals surface area contributed by atoms with Crippen LogP contribution in [0.2, 0.25) is 0 Å². The topological polar surface area (TPSA) is 118 Å². The van der Waals surface area contributed by atoms with Gasteiger partial charge in [-0.1, -0.05) is 42.0 Å². The Balaban J connectivity index is 0.000000532. The largest absolute Gasteiger partial charge is 0.490 e. The lowest BCUT2D eigenvalue weighted by Crippen LogP contribution is -2.51. The second-order valence-electron chi connectivity index (χ2n) is 8.60. The second kappa shape index (κ2) is 13.3. The van der Waals surface area contributed by atoms with Crippen molar-refractivity contribution in [3.63, 3.8) is 0 Å². The highest BCUT2D eigenvalue weighted by Crippen LogP contribution is 2.16. The van der Waals surface area contributed by atoms with E-state index < -0.39 is 18.1 Å². The molecule has 1 saturated heterocycles. The maximum atomic E-state index is 11.4. The molecule has 0 atom stereocenters. The van der Waals surface area contributed by atoms with Crippen molar-refractivity contribution in [1.29, 1.82) is 0 Å². The zero-order chi connectivity index (χ0) is 28.4. The van der Waals surface area contributed by atoms with Gasteiger partial charge < -0.3 is 25.3 Å². The molecule has 0 bridgehead atoms. The number of aryl methyl sites for hydroxylation is 1. The minimum atomic E-state index is -5.08. The fourth-order valence-electron chi connectivity index (χ4n) is 3.63. The van der Waals surface area contributed by atoms with Gasteiger partial charge in [0.25, 0.3) is 0 Å². The maximum Gasteiger partial charge on any atom is 0.490 e. The van der Waals surface area contributed by atoms with E-state index in [0.29, 0.717) is 12.2 Å². The first-order valence-corrected chi connectivity index (χ1v) is 11.9. The van der Waals surface area contributed by atoms with Crippen molar-refractivity contribution >= 4 is 29.4 Å². The van der Waals surface area contributed by atoms with E-state index in [4.69, 9.17) is 14.9 Å². The van der Waals surface area contributed by atoms with Crippen molar-refractivity contribution in [3.8, 4) is 0 Å². The van der Waals surface area contributed by atoms with Crippen LogP contribution in [0.1, 0.15) is 21.5 Å². The Morgan fingerprint density at radius 3 is 2.21 bits per heavy atom. The number of guanidine groups is 1. The van der Waals surface area contributed by atoms with Crippen LogP contribution in [0.5, 0.6) is 0 Å². The number of aliphatic carboxylic acids is 1. The Morgan fingerprint density at radius 1 is 0.974 bits per heavy atom. The van der Waals surface area contributed by atoms with Gasteiger partial charge in [0.1, 0.15) is 5.82 Å². The van der Waals surface area contributed by atoms with Gasteiger partial charge in [0.15, 0.2) is 5.96 Å². The van der Waals surface area contributed by atoms with Crippen LogP contribution < -0.4 is 10.2 Å². The van der Waals surface area contributed by atoms with Crippen LogP contribution >= 0.6 is 0 Å². The van der Waals surface area contributed by atoms with Crippen molar-refractivity contribution in [2.24, 2.45) is 4.99 Å².